The third-order valence-corrected chi connectivity index (χ3v) is 4.99. The molecule has 0 radical (unpaired) electrons. The molecule has 26 heavy (non-hydrogen) atoms. The van der Waals surface area contributed by atoms with E-state index >= 15 is 0 Å². The smallest absolute Gasteiger partial charge is 0.291 e. The maximum atomic E-state index is 12.7. The zero-order valence-corrected chi connectivity index (χ0v) is 15.2. The Balaban J connectivity index is 1.60. The molecule has 2 N–H and O–H groups in total. The number of aliphatic hydroxyl groups is 1. The van der Waals surface area contributed by atoms with E-state index in [2.05, 4.69) is 19.2 Å². The van der Waals surface area contributed by atoms with Crippen LogP contribution in [0.2, 0.25) is 0 Å². The van der Waals surface area contributed by atoms with Crippen LogP contribution in [0.25, 0.3) is 0 Å². The molecule has 6 nitrogen and oxygen atoms in total. The lowest BCUT2D eigenvalue weighted by molar-refractivity contribution is 0.0910. The van der Waals surface area contributed by atoms with Crippen LogP contribution in [0.15, 0.2) is 22.6 Å². The molecule has 2 aliphatic rings. The Morgan fingerprint density at radius 3 is 2.73 bits per heavy atom. The number of aliphatic hydroxyl groups excluding tert-OH is 1. The van der Waals surface area contributed by atoms with Crippen molar-refractivity contribution in [3.05, 3.63) is 40.8 Å². The lowest BCUT2D eigenvalue weighted by Gasteiger charge is -2.31. The van der Waals surface area contributed by atoms with E-state index in [9.17, 15) is 9.90 Å². The fraction of sp³-hybridized carbons (Fsp3) is 0.450. The second-order valence-corrected chi connectivity index (χ2v) is 7.77. The van der Waals surface area contributed by atoms with Gasteiger partial charge in [-0.3, -0.25) is 4.79 Å². The molecule has 6 heteroatoms. The Bertz CT molecular complexity index is 867. The van der Waals surface area contributed by atoms with Crippen molar-refractivity contribution in [2.24, 2.45) is 5.41 Å². The summed E-state index contributed by atoms with van der Waals surface area (Å²) in [5.41, 5.74) is 2.02. The third-order valence-electron chi connectivity index (χ3n) is 4.99. The van der Waals surface area contributed by atoms with Crippen molar-refractivity contribution in [1.29, 1.82) is 0 Å². The molecule has 0 fully saturated rings. The lowest BCUT2D eigenvalue weighted by atomic mass is 9.75. The predicted octanol–water partition coefficient (Wildman–Crippen LogP) is 3.62. The minimum Gasteiger partial charge on any atom is -0.486 e. The third kappa shape index (κ3) is 2.94. The highest BCUT2D eigenvalue weighted by Crippen LogP contribution is 2.44. The van der Waals surface area contributed by atoms with Gasteiger partial charge in [-0.2, -0.15) is 0 Å². The van der Waals surface area contributed by atoms with Crippen LogP contribution in [0.1, 0.15) is 53.8 Å². The maximum Gasteiger partial charge on any atom is 0.291 e. The molecule has 1 aromatic carbocycles. The Hall–Kier alpha value is -2.47. The van der Waals surface area contributed by atoms with Crippen molar-refractivity contribution in [2.45, 2.75) is 39.7 Å². The van der Waals surface area contributed by atoms with Crippen LogP contribution in [-0.4, -0.2) is 24.2 Å². The minimum absolute atomic E-state index is 0.0553. The SMILES string of the molecule is Cc1c(C(=O)Nc2ccc3c(c2)OCCO3)oc2c1C(O)CC(C)(C)C2. The second kappa shape index (κ2) is 6.06. The van der Waals surface area contributed by atoms with Gasteiger partial charge in [0, 0.05) is 29.3 Å². The Labute approximate surface area is 152 Å². The van der Waals surface area contributed by atoms with Crippen LogP contribution in [0, 0.1) is 12.3 Å². The van der Waals surface area contributed by atoms with Crippen molar-refractivity contribution in [2.75, 3.05) is 18.5 Å². The van der Waals surface area contributed by atoms with Crippen molar-refractivity contribution >= 4 is 11.6 Å². The second-order valence-electron chi connectivity index (χ2n) is 7.77. The fourth-order valence-electron chi connectivity index (χ4n) is 3.81. The van der Waals surface area contributed by atoms with E-state index in [4.69, 9.17) is 13.9 Å². The first kappa shape index (κ1) is 17.0. The topological polar surface area (TPSA) is 80.9 Å². The zero-order chi connectivity index (χ0) is 18.5. The standard InChI is InChI=1S/C20H23NO5/c1-11-17-13(22)9-20(2,3)10-16(17)26-18(11)19(23)21-12-4-5-14-15(8-12)25-7-6-24-14/h4-5,8,13,22H,6-7,9-10H2,1-3H3,(H,21,23). The van der Waals surface area contributed by atoms with Crippen molar-refractivity contribution in [3.63, 3.8) is 0 Å². The summed E-state index contributed by atoms with van der Waals surface area (Å²) in [4.78, 5) is 12.7. The zero-order valence-electron chi connectivity index (χ0n) is 15.2. The highest BCUT2D eigenvalue weighted by atomic mass is 16.6. The molecule has 1 atom stereocenters. The molecule has 4 rings (SSSR count). The molecule has 1 amide bonds. The number of carbonyl (C=O) groups is 1. The first-order valence-corrected chi connectivity index (χ1v) is 8.85. The normalized spacial score (nSPS) is 20.4. The lowest BCUT2D eigenvalue weighted by Crippen LogP contribution is -2.24. The van der Waals surface area contributed by atoms with Crippen molar-refractivity contribution < 1.29 is 23.8 Å². The number of anilines is 1. The average Bonchev–Trinajstić information content (AvgIpc) is 2.90. The molecule has 1 aromatic heterocycles. The van der Waals surface area contributed by atoms with Gasteiger partial charge in [0.05, 0.1) is 6.10 Å². The molecule has 0 bridgehead atoms. The summed E-state index contributed by atoms with van der Waals surface area (Å²) in [6.07, 6.45) is 0.759. The Morgan fingerprint density at radius 1 is 1.23 bits per heavy atom. The molecular formula is C20H23NO5. The van der Waals surface area contributed by atoms with Gasteiger partial charge in [0.2, 0.25) is 0 Å². The van der Waals surface area contributed by atoms with Gasteiger partial charge < -0.3 is 24.3 Å². The molecule has 1 unspecified atom stereocenters. The number of ether oxygens (including phenoxy) is 2. The molecular weight excluding hydrogens is 334 g/mol. The predicted molar refractivity (Wildman–Crippen MR) is 95.9 cm³/mol. The molecule has 1 aliphatic heterocycles. The van der Waals surface area contributed by atoms with Gasteiger partial charge in [0.15, 0.2) is 17.3 Å². The van der Waals surface area contributed by atoms with E-state index in [0.717, 1.165) is 5.56 Å². The number of furan rings is 1. The number of fused-ring (bicyclic) bond motifs is 2. The maximum absolute atomic E-state index is 12.7. The van der Waals surface area contributed by atoms with E-state index in [-0.39, 0.29) is 17.1 Å². The van der Waals surface area contributed by atoms with Crippen molar-refractivity contribution in [1.82, 2.24) is 0 Å². The number of benzene rings is 1. The van der Waals surface area contributed by atoms with Crippen LogP contribution in [-0.2, 0) is 6.42 Å². The van der Waals surface area contributed by atoms with Crippen LogP contribution in [0.3, 0.4) is 0 Å². The number of carbonyl (C=O) groups excluding carboxylic acids is 1. The van der Waals surface area contributed by atoms with E-state index in [1.54, 1.807) is 18.2 Å². The summed E-state index contributed by atoms with van der Waals surface area (Å²) < 4.78 is 16.9. The van der Waals surface area contributed by atoms with Gasteiger partial charge in [-0.05, 0) is 30.9 Å². The molecule has 0 spiro atoms. The summed E-state index contributed by atoms with van der Waals surface area (Å²) in [5, 5.41) is 13.3. The van der Waals surface area contributed by atoms with Gasteiger partial charge >= 0.3 is 0 Å². The molecule has 1 aliphatic carbocycles. The monoisotopic (exact) mass is 357 g/mol. The van der Waals surface area contributed by atoms with Gasteiger partial charge in [-0.1, -0.05) is 13.8 Å². The number of amides is 1. The number of hydrogen-bond donors (Lipinski definition) is 2. The van der Waals surface area contributed by atoms with Gasteiger partial charge in [-0.25, -0.2) is 0 Å². The van der Waals surface area contributed by atoms with Crippen LogP contribution < -0.4 is 14.8 Å². The first-order chi connectivity index (χ1) is 12.3. The van der Waals surface area contributed by atoms with Gasteiger partial charge in [0.25, 0.3) is 5.91 Å². The Kier molecular flexibility index (Phi) is 3.95. The van der Waals surface area contributed by atoms with E-state index in [1.807, 2.05) is 6.92 Å². The van der Waals surface area contributed by atoms with Crippen LogP contribution >= 0.6 is 0 Å². The summed E-state index contributed by atoms with van der Waals surface area (Å²) in [5.74, 6) is 1.91. The highest BCUT2D eigenvalue weighted by Gasteiger charge is 2.37. The summed E-state index contributed by atoms with van der Waals surface area (Å²) in [6, 6.07) is 5.28. The van der Waals surface area contributed by atoms with E-state index in [0.29, 0.717) is 54.6 Å². The summed E-state index contributed by atoms with van der Waals surface area (Å²) >= 11 is 0. The van der Waals surface area contributed by atoms with E-state index in [1.165, 1.54) is 0 Å². The molecule has 2 aromatic rings. The van der Waals surface area contributed by atoms with Crippen LogP contribution in [0.4, 0.5) is 5.69 Å². The minimum atomic E-state index is -0.603. The molecule has 0 saturated heterocycles. The van der Waals surface area contributed by atoms with Gasteiger partial charge in [0.1, 0.15) is 19.0 Å². The average molecular weight is 357 g/mol. The number of rotatable bonds is 2. The van der Waals surface area contributed by atoms with E-state index < -0.39 is 6.10 Å². The quantitative estimate of drug-likeness (QED) is 0.858. The molecule has 0 saturated carbocycles. The largest absolute Gasteiger partial charge is 0.486 e. The first-order valence-electron chi connectivity index (χ1n) is 8.85. The number of hydrogen-bond acceptors (Lipinski definition) is 5. The molecule has 2 heterocycles. The molecule has 138 valence electrons. The number of nitrogens with one attached hydrogen (secondary N) is 1. The summed E-state index contributed by atoms with van der Waals surface area (Å²) in [7, 11) is 0. The summed E-state index contributed by atoms with van der Waals surface area (Å²) in [6.45, 7) is 7.01. The van der Waals surface area contributed by atoms with Crippen LogP contribution in [0.5, 0.6) is 11.5 Å². The fourth-order valence-corrected chi connectivity index (χ4v) is 3.81. The highest BCUT2D eigenvalue weighted by molar-refractivity contribution is 6.03. The van der Waals surface area contributed by atoms with Gasteiger partial charge in [-0.15, -0.1) is 0 Å². The Morgan fingerprint density at radius 2 is 1.96 bits per heavy atom. The van der Waals surface area contributed by atoms with Crippen molar-refractivity contribution in [3.8, 4) is 11.5 Å².